The molecule has 1 aromatic carbocycles. The minimum atomic E-state index is -0.108. The second-order valence-corrected chi connectivity index (χ2v) is 7.07. The lowest BCUT2D eigenvalue weighted by Crippen LogP contribution is -2.15. The number of anilines is 1. The molecule has 2 heterocycles. The number of furan rings is 1. The maximum absolute atomic E-state index is 12.2. The highest BCUT2D eigenvalue weighted by atomic mass is 32.2. The van der Waals surface area contributed by atoms with Crippen LogP contribution in [0.5, 0.6) is 11.5 Å². The summed E-state index contributed by atoms with van der Waals surface area (Å²) in [5.74, 6) is 2.86. The number of rotatable bonds is 8. The largest absolute Gasteiger partial charge is 0.497 e. The molecule has 6 nitrogen and oxygen atoms in total. The summed E-state index contributed by atoms with van der Waals surface area (Å²) < 4.78 is 15.8. The lowest BCUT2D eigenvalue weighted by Gasteiger charge is -2.11. The van der Waals surface area contributed by atoms with Gasteiger partial charge in [0.25, 0.3) is 0 Å². The van der Waals surface area contributed by atoms with E-state index in [1.54, 1.807) is 38.7 Å². The van der Waals surface area contributed by atoms with Crippen molar-refractivity contribution in [3.8, 4) is 22.3 Å². The first-order valence-corrected chi connectivity index (χ1v) is 9.81. The van der Waals surface area contributed by atoms with Crippen molar-refractivity contribution >= 4 is 34.7 Å². The molecule has 0 bridgehead atoms. The van der Waals surface area contributed by atoms with E-state index in [9.17, 15) is 4.79 Å². The summed E-state index contributed by atoms with van der Waals surface area (Å²) in [6.45, 7) is 0. The van der Waals surface area contributed by atoms with E-state index >= 15 is 0 Å². The van der Waals surface area contributed by atoms with E-state index in [2.05, 4.69) is 10.3 Å². The first-order chi connectivity index (χ1) is 12.7. The number of carbonyl (C=O) groups is 1. The maximum atomic E-state index is 12.2. The lowest BCUT2D eigenvalue weighted by atomic mass is 10.2. The predicted octanol–water partition coefficient (Wildman–Crippen LogP) is 4.29. The number of aromatic nitrogens is 1. The minimum Gasteiger partial charge on any atom is -0.497 e. The molecule has 0 aliphatic rings. The monoisotopic (exact) mass is 390 g/mol. The Balaban J connectivity index is 1.52. The molecular weight excluding hydrogens is 372 g/mol. The molecule has 0 aliphatic heterocycles. The Morgan fingerprint density at radius 2 is 2.19 bits per heavy atom. The summed E-state index contributed by atoms with van der Waals surface area (Å²) in [4.78, 5) is 16.7. The van der Waals surface area contributed by atoms with Crippen molar-refractivity contribution < 1.29 is 18.7 Å². The molecule has 1 amide bonds. The molecule has 0 aliphatic carbocycles. The van der Waals surface area contributed by atoms with Gasteiger partial charge in [-0.15, -0.1) is 23.1 Å². The van der Waals surface area contributed by atoms with Crippen molar-refractivity contribution in [2.75, 3.05) is 25.3 Å². The van der Waals surface area contributed by atoms with Crippen LogP contribution in [0.15, 0.2) is 46.4 Å². The molecule has 0 saturated carbocycles. The van der Waals surface area contributed by atoms with E-state index in [0.29, 0.717) is 28.7 Å². The summed E-state index contributed by atoms with van der Waals surface area (Å²) in [6.07, 6.45) is 1.63. The van der Waals surface area contributed by atoms with Crippen molar-refractivity contribution in [3.05, 3.63) is 47.7 Å². The van der Waals surface area contributed by atoms with Crippen molar-refractivity contribution in [1.29, 1.82) is 0 Å². The van der Waals surface area contributed by atoms with Gasteiger partial charge in [-0.3, -0.25) is 4.79 Å². The normalized spacial score (nSPS) is 10.5. The van der Waals surface area contributed by atoms with Gasteiger partial charge in [-0.25, -0.2) is 4.98 Å². The zero-order valence-corrected chi connectivity index (χ0v) is 16.0. The topological polar surface area (TPSA) is 73.6 Å². The van der Waals surface area contributed by atoms with Crippen LogP contribution in [0.1, 0.15) is 5.69 Å². The van der Waals surface area contributed by atoms with E-state index in [-0.39, 0.29) is 5.91 Å². The average molecular weight is 390 g/mol. The van der Waals surface area contributed by atoms with E-state index in [1.165, 1.54) is 23.1 Å². The molecule has 2 aromatic heterocycles. The van der Waals surface area contributed by atoms with Crippen LogP contribution >= 0.6 is 23.1 Å². The summed E-state index contributed by atoms with van der Waals surface area (Å²) >= 11 is 3.03. The molecule has 3 rings (SSSR count). The van der Waals surface area contributed by atoms with E-state index in [4.69, 9.17) is 13.9 Å². The number of ether oxygens (including phenoxy) is 2. The molecule has 0 unspecified atom stereocenters. The molecule has 136 valence electrons. The third-order valence-electron chi connectivity index (χ3n) is 3.45. The fourth-order valence-electron chi connectivity index (χ4n) is 2.23. The molecule has 1 N–H and O–H groups in total. The van der Waals surface area contributed by atoms with Gasteiger partial charge >= 0.3 is 0 Å². The van der Waals surface area contributed by atoms with E-state index < -0.39 is 0 Å². The number of benzene rings is 1. The quantitative estimate of drug-likeness (QED) is 0.618. The number of amides is 1. The minimum absolute atomic E-state index is 0.108. The van der Waals surface area contributed by atoms with Crippen LogP contribution in [0.25, 0.3) is 10.8 Å². The van der Waals surface area contributed by atoms with Crippen LogP contribution in [0.3, 0.4) is 0 Å². The average Bonchev–Trinajstić information content (AvgIpc) is 3.33. The zero-order chi connectivity index (χ0) is 18.4. The van der Waals surface area contributed by atoms with Crippen LogP contribution in [-0.2, 0) is 10.5 Å². The molecule has 0 spiro atoms. The van der Waals surface area contributed by atoms with Crippen molar-refractivity contribution in [3.63, 3.8) is 0 Å². The van der Waals surface area contributed by atoms with Gasteiger partial charge in [0.2, 0.25) is 5.91 Å². The molecule has 0 fully saturated rings. The highest BCUT2D eigenvalue weighted by Crippen LogP contribution is 2.29. The molecule has 8 heteroatoms. The number of hydrogen-bond donors (Lipinski definition) is 1. The second kappa shape index (κ2) is 8.77. The van der Waals surface area contributed by atoms with Crippen LogP contribution in [-0.4, -0.2) is 30.9 Å². The Morgan fingerprint density at radius 3 is 2.92 bits per heavy atom. The third kappa shape index (κ3) is 4.59. The van der Waals surface area contributed by atoms with Gasteiger partial charge in [0, 0.05) is 17.2 Å². The van der Waals surface area contributed by atoms with Crippen LogP contribution in [0.2, 0.25) is 0 Å². The molecule has 0 radical (unpaired) electrons. The number of methoxy groups -OCH3 is 2. The fraction of sp³-hybridized carbons (Fsp3) is 0.222. The van der Waals surface area contributed by atoms with Crippen LogP contribution in [0.4, 0.5) is 5.69 Å². The lowest BCUT2D eigenvalue weighted by molar-refractivity contribution is -0.113. The highest BCUT2D eigenvalue weighted by Gasteiger charge is 2.11. The first-order valence-electron chi connectivity index (χ1n) is 7.77. The van der Waals surface area contributed by atoms with E-state index in [1.807, 2.05) is 17.5 Å². The summed E-state index contributed by atoms with van der Waals surface area (Å²) in [6, 6.07) is 8.99. The number of carbonyl (C=O) groups excluding carboxylic acids is 1. The number of thioether (sulfide) groups is 1. The summed E-state index contributed by atoms with van der Waals surface area (Å²) in [7, 11) is 3.14. The van der Waals surface area contributed by atoms with Crippen molar-refractivity contribution in [2.24, 2.45) is 0 Å². The van der Waals surface area contributed by atoms with Gasteiger partial charge in [-0.1, -0.05) is 0 Å². The Bertz CT molecular complexity index is 862. The van der Waals surface area contributed by atoms with Gasteiger partial charge in [0.15, 0.2) is 10.8 Å². The Kier molecular flexibility index (Phi) is 6.19. The predicted molar refractivity (Wildman–Crippen MR) is 104 cm³/mol. The summed E-state index contributed by atoms with van der Waals surface area (Å²) in [5.41, 5.74) is 1.52. The molecule has 0 atom stereocenters. The zero-order valence-electron chi connectivity index (χ0n) is 14.4. The number of thiazole rings is 1. The van der Waals surface area contributed by atoms with E-state index in [0.717, 1.165) is 16.5 Å². The Hall–Kier alpha value is -2.45. The SMILES string of the molecule is COc1ccc(OC)c(NC(=O)CSCc2csc(-c3ccco3)n2)c1. The van der Waals surface area contributed by atoms with Gasteiger partial charge in [0.05, 0.1) is 37.6 Å². The van der Waals surface area contributed by atoms with Crippen molar-refractivity contribution in [2.45, 2.75) is 5.75 Å². The smallest absolute Gasteiger partial charge is 0.234 e. The Morgan fingerprint density at radius 1 is 1.31 bits per heavy atom. The van der Waals surface area contributed by atoms with Gasteiger partial charge in [-0.05, 0) is 24.3 Å². The maximum Gasteiger partial charge on any atom is 0.234 e. The fourth-order valence-corrected chi connectivity index (χ4v) is 3.84. The van der Waals surface area contributed by atoms with Crippen molar-refractivity contribution in [1.82, 2.24) is 4.98 Å². The van der Waals surface area contributed by atoms with Gasteiger partial charge in [0.1, 0.15) is 11.5 Å². The second-order valence-electron chi connectivity index (χ2n) is 5.23. The highest BCUT2D eigenvalue weighted by molar-refractivity contribution is 7.99. The standard InChI is InChI=1S/C18H18N2O4S2/c1-22-13-5-6-15(23-2)14(8-13)20-17(21)11-25-9-12-10-26-18(19-12)16-4-3-7-24-16/h3-8,10H,9,11H2,1-2H3,(H,20,21). The molecule has 26 heavy (non-hydrogen) atoms. The van der Waals surface area contributed by atoms with Crippen LogP contribution < -0.4 is 14.8 Å². The number of nitrogens with zero attached hydrogens (tertiary/aromatic N) is 1. The summed E-state index contributed by atoms with van der Waals surface area (Å²) in [5, 5.41) is 5.68. The van der Waals surface area contributed by atoms with Gasteiger partial charge < -0.3 is 19.2 Å². The first kappa shape index (κ1) is 18.3. The molecular formula is C18H18N2O4S2. The number of hydrogen-bond acceptors (Lipinski definition) is 7. The van der Waals surface area contributed by atoms with Gasteiger partial charge in [-0.2, -0.15) is 0 Å². The number of nitrogens with one attached hydrogen (secondary N) is 1. The molecule has 0 saturated heterocycles. The Labute approximate surface area is 159 Å². The van der Waals surface area contributed by atoms with Crippen LogP contribution in [0, 0.1) is 0 Å². The molecule has 3 aromatic rings. The third-order valence-corrected chi connectivity index (χ3v) is 5.32.